The van der Waals surface area contributed by atoms with Gasteiger partial charge in [-0.05, 0) is 42.3 Å². The molecule has 0 spiro atoms. The predicted molar refractivity (Wildman–Crippen MR) is 102 cm³/mol. The molecule has 5 heteroatoms. The maximum absolute atomic E-state index is 13.2. The first-order valence-electron chi connectivity index (χ1n) is 8.37. The highest BCUT2D eigenvalue weighted by atomic mass is 32.2. The van der Waals surface area contributed by atoms with E-state index >= 15 is 0 Å². The molecule has 0 amide bonds. The Balaban J connectivity index is 1.94. The molecule has 0 bridgehead atoms. The lowest BCUT2D eigenvalue weighted by Gasteiger charge is -2.12. The van der Waals surface area contributed by atoms with Crippen molar-refractivity contribution < 1.29 is 8.42 Å². The van der Waals surface area contributed by atoms with Gasteiger partial charge in [0.15, 0.2) is 0 Å². The Labute approximate surface area is 152 Å². The van der Waals surface area contributed by atoms with Crippen LogP contribution < -0.4 is 0 Å². The summed E-state index contributed by atoms with van der Waals surface area (Å²) in [5.41, 5.74) is 3.68. The molecule has 0 radical (unpaired) electrons. The summed E-state index contributed by atoms with van der Waals surface area (Å²) >= 11 is 0. The van der Waals surface area contributed by atoms with Crippen molar-refractivity contribution >= 4 is 20.9 Å². The minimum absolute atomic E-state index is 0.0770. The summed E-state index contributed by atoms with van der Waals surface area (Å²) in [5.74, 6) is 0. The number of sulfone groups is 1. The molecule has 3 aromatic carbocycles. The van der Waals surface area contributed by atoms with Crippen LogP contribution in [0.2, 0.25) is 0 Å². The fourth-order valence-electron chi connectivity index (χ4n) is 3.07. The summed E-state index contributed by atoms with van der Waals surface area (Å²) in [6.45, 7) is 2.48. The highest BCUT2D eigenvalue weighted by molar-refractivity contribution is 7.91. The van der Waals surface area contributed by atoms with Gasteiger partial charge in [-0.1, -0.05) is 54.6 Å². The van der Waals surface area contributed by atoms with Crippen molar-refractivity contribution in [3.8, 4) is 0 Å². The Morgan fingerprint density at radius 1 is 0.846 bits per heavy atom. The van der Waals surface area contributed by atoms with Gasteiger partial charge in [0, 0.05) is 0 Å². The van der Waals surface area contributed by atoms with Gasteiger partial charge in [-0.25, -0.2) is 13.4 Å². The fourth-order valence-corrected chi connectivity index (χ4v) is 4.47. The molecule has 4 aromatic rings. The molecule has 130 valence electrons. The number of aryl methyl sites for hydroxylation is 1. The quantitative estimate of drug-likeness (QED) is 0.546. The van der Waals surface area contributed by atoms with E-state index in [0.717, 1.165) is 16.6 Å². The van der Waals surface area contributed by atoms with Crippen LogP contribution in [0.5, 0.6) is 0 Å². The molecule has 4 rings (SSSR count). The number of nitrogens with zero attached hydrogens (tertiary/aromatic N) is 2. The summed E-state index contributed by atoms with van der Waals surface area (Å²) in [6, 6.07) is 24.0. The fraction of sp³-hybridized carbons (Fsp3) is 0.0952. The van der Waals surface area contributed by atoms with E-state index in [2.05, 4.69) is 4.98 Å². The van der Waals surface area contributed by atoms with Crippen LogP contribution in [0.3, 0.4) is 0 Å². The molecule has 1 aromatic heterocycles. The summed E-state index contributed by atoms with van der Waals surface area (Å²) in [5, 5.41) is 0.0770. The van der Waals surface area contributed by atoms with Gasteiger partial charge in [-0.15, -0.1) is 0 Å². The first kappa shape index (κ1) is 16.5. The highest BCUT2D eigenvalue weighted by Crippen LogP contribution is 2.26. The molecule has 0 aliphatic carbocycles. The molecule has 0 aliphatic heterocycles. The number of aromatic nitrogens is 2. The molecule has 4 nitrogen and oxygen atoms in total. The SMILES string of the molecule is Cc1ccccc1Cn1c(S(=O)(=O)c2ccccc2)nc2ccccc21. The zero-order chi connectivity index (χ0) is 18.1. The monoisotopic (exact) mass is 362 g/mol. The molecule has 0 aliphatic rings. The van der Waals surface area contributed by atoms with Gasteiger partial charge in [0.2, 0.25) is 15.0 Å². The minimum Gasteiger partial charge on any atom is -0.310 e. The topological polar surface area (TPSA) is 52.0 Å². The third-order valence-corrected chi connectivity index (χ3v) is 6.19. The maximum atomic E-state index is 13.2. The number of imidazole rings is 1. The standard InChI is InChI=1S/C21H18N2O2S/c1-16-9-5-6-10-17(16)15-23-20-14-8-7-13-19(20)22-21(23)26(24,25)18-11-3-2-4-12-18/h2-14H,15H2,1H3. The Hall–Kier alpha value is -2.92. The number of fused-ring (bicyclic) bond motifs is 1. The second kappa shape index (κ2) is 6.42. The molecule has 26 heavy (non-hydrogen) atoms. The average molecular weight is 362 g/mol. The first-order chi connectivity index (χ1) is 12.6. The molecule has 0 fully saturated rings. The van der Waals surface area contributed by atoms with Gasteiger partial charge in [0.05, 0.1) is 22.5 Å². The van der Waals surface area contributed by atoms with Gasteiger partial charge < -0.3 is 4.57 Å². The average Bonchev–Trinajstić information content (AvgIpc) is 3.04. The van der Waals surface area contributed by atoms with E-state index in [-0.39, 0.29) is 10.1 Å². The van der Waals surface area contributed by atoms with Crippen molar-refractivity contribution in [2.24, 2.45) is 0 Å². The van der Waals surface area contributed by atoms with Crippen molar-refractivity contribution in [3.05, 3.63) is 90.0 Å². The number of hydrogen-bond donors (Lipinski definition) is 0. The van der Waals surface area contributed by atoms with Crippen LogP contribution in [0.4, 0.5) is 0 Å². The molecule has 0 N–H and O–H groups in total. The van der Waals surface area contributed by atoms with E-state index in [9.17, 15) is 8.42 Å². The van der Waals surface area contributed by atoms with Crippen LogP contribution in [-0.2, 0) is 16.4 Å². The number of hydrogen-bond acceptors (Lipinski definition) is 3. The lowest BCUT2D eigenvalue weighted by atomic mass is 10.1. The maximum Gasteiger partial charge on any atom is 0.240 e. The van der Waals surface area contributed by atoms with Gasteiger partial charge in [-0.2, -0.15) is 0 Å². The minimum atomic E-state index is -3.71. The third-order valence-electron chi connectivity index (χ3n) is 4.50. The van der Waals surface area contributed by atoms with Gasteiger partial charge in [-0.3, -0.25) is 0 Å². The molecule has 0 unspecified atom stereocenters. The number of para-hydroxylation sites is 2. The van der Waals surface area contributed by atoms with E-state index in [4.69, 9.17) is 0 Å². The summed E-state index contributed by atoms with van der Waals surface area (Å²) in [6.07, 6.45) is 0. The normalized spacial score (nSPS) is 11.7. The molecule has 0 saturated heterocycles. The van der Waals surface area contributed by atoms with Crippen LogP contribution in [0, 0.1) is 6.92 Å². The Morgan fingerprint density at radius 3 is 2.27 bits per heavy atom. The van der Waals surface area contributed by atoms with E-state index in [1.807, 2.05) is 55.5 Å². The van der Waals surface area contributed by atoms with Crippen LogP contribution in [0.1, 0.15) is 11.1 Å². The first-order valence-corrected chi connectivity index (χ1v) is 9.85. The van der Waals surface area contributed by atoms with Crippen LogP contribution >= 0.6 is 0 Å². The Kier molecular flexibility index (Phi) is 4.09. The largest absolute Gasteiger partial charge is 0.310 e. The van der Waals surface area contributed by atoms with Gasteiger partial charge in [0.25, 0.3) is 0 Å². The second-order valence-electron chi connectivity index (χ2n) is 6.21. The molecular formula is C21H18N2O2S. The summed E-state index contributed by atoms with van der Waals surface area (Å²) in [7, 11) is -3.71. The van der Waals surface area contributed by atoms with Crippen LogP contribution in [0.15, 0.2) is 88.9 Å². The Morgan fingerprint density at radius 2 is 1.50 bits per heavy atom. The smallest absolute Gasteiger partial charge is 0.240 e. The lowest BCUT2D eigenvalue weighted by molar-refractivity contribution is 0.575. The van der Waals surface area contributed by atoms with E-state index in [1.54, 1.807) is 34.9 Å². The van der Waals surface area contributed by atoms with Crippen molar-refractivity contribution in [3.63, 3.8) is 0 Å². The molecule has 0 saturated carbocycles. The van der Waals surface area contributed by atoms with E-state index in [0.29, 0.717) is 12.1 Å². The summed E-state index contributed by atoms with van der Waals surface area (Å²) in [4.78, 5) is 4.71. The van der Waals surface area contributed by atoms with Crippen molar-refractivity contribution in [1.82, 2.24) is 9.55 Å². The summed E-state index contributed by atoms with van der Waals surface area (Å²) < 4.78 is 28.2. The molecule has 1 heterocycles. The van der Waals surface area contributed by atoms with Gasteiger partial charge in [0.1, 0.15) is 0 Å². The van der Waals surface area contributed by atoms with Gasteiger partial charge >= 0.3 is 0 Å². The lowest BCUT2D eigenvalue weighted by Crippen LogP contribution is -2.12. The molecular weight excluding hydrogens is 344 g/mol. The Bertz CT molecular complexity index is 1180. The van der Waals surface area contributed by atoms with Crippen molar-refractivity contribution in [2.45, 2.75) is 23.5 Å². The highest BCUT2D eigenvalue weighted by Gasteiger charge is 2.25. The predicted octanol–water partition coefficient (Wildman–Crippen LogP) is 4.23. The number of benzene rings is 3. The van der Waals surface area contributed by atoms with Crippen molar-refractivity contribution in [2.75, 3.05) is 0 Å². The zero-order valence-corrected chi connectivity index (χ0v) is 15.1. The van der Waals surface area contributed by atoms with Crippen molar-refractivity contribution in [1.29, 1.82) is 0 Å². The van der Waals surface area contributed by atoms with E-state index < -0.39 is 9.84 Å². The second-order valence-corrected chi connectivity index (χ2v) is 8.06. The molecule has 0 atom stereocenters. The zero-order valence-electron chi connectivity index (χ0n) is 14.3. The van der Waals surface area contributed by atoms with E-state index in [1.165, 1.54) is 0 Å². The van der Waals surface area contributed by atoms with Crippen LogP contribution in [0.25, 0.3) is 11.0 Å². The van der Waals surface area contributed by atoms with Crippen LogP contribution in [-0.4, -0.2) is 18.0 Å². The third kappa shape index (κ3) is 2.80. The number of rotatable bonds is 4.